The van der Waals surface area contributed by atoms with Crippen molar-refractivity contribution in [3.63, 3.8) is 0 Å². The van der Waals surface area contributed by atoms with E-state index in [-0.39, 0.29) is 11.4 Å². The lowest BCUT2D eigenvalue weighted by molar-refractivity contribution is 0.341. The molecule has 4 aromatic heterocycles. The molecule has 0 saturated heterocycles. The third-order valence-corrected chi connectivity index (χ3v) is 6.90. The molecule has 0 aliphatic rings. The molecule has 1 aromatic carbocycles. The van der Waals surface area contributed by atoms with Crippen LogP contribution in [-0.4, -0.2) is 40.0 Å². The van der Waals surface area contributed by atoms with Crippen LogP contribution in [0.1, 0.15) is 12.6 Å². The van der Waals surface area contributed by atoms with Crippen molar-refractivity contribution < 1.29 is 18.4 Å². The number of nitrogens with one attached hydrogen (secondary N) is 2. The summed E-state index contributed by atoms with van der Waals surface area (Å²) in [6.45, 7) is 5.28. The summed E-state index contributed by atoms with van der Waals surface area (Å²) in [4.78, 5) is 21.8. The molecule has 0 unspecified atom stereocenters. The fourth-order valence-corrected chi connectivity index (χ4v) is 5.23. The average molecular weight is 510 g/mol. The molecule has 0 fully saturated rings. The maximum Gasteiger partial charge on any atom is 0.280 e. The van der Waals surface area contributed by atoms with Gasteiger partial charge < -0.3 is 23.9 Å². The maximum absolute atomic E-state index is 14.6. The molecule has 2 N–H and O–H groups in total. The van der Waals surface area contributed by atoms with Crippen molar-refractivity contribution in [2.75, 3.05) is 25.6 Å². The number of H-pyrrole nitrogens is 1. The van der Waals surface area contributed by atoms with Gasteiger partial charge in [0.25, 0.3) is 5.56 Å². The number of hydrogen-bond donors (Lipinski definition) is 2. The van der Waals surface area contributed by atoms with Gasteiger partial charge in [-0.25, -0.2) is 14.4 Å². The lowest BCUT2D eigenvalue weighted by Gasteiger charge is -2.11. The number of nitrogens with zero attached hydrogens (tertiary/aromatic N) is 3. The third-order valence-electron chi connectivity index (χ3n) is 5.75. The van der Waals surface area contributed by atoms with E-state index in [1.807, 2.05) is 36.6 Å². The number of halogens is 1. The number of fused-ring (bicyclic) bond motifs is 1. The zero-order valence-corrected chi connectivity index (χ0v) is 20.7. The summed E-state index contributed by atoms with van der Waals surface area (Å²) < 4.78 is 33.1. The van der Waals surface area contributed by atoms with Crippen LogP contribution in [0, 0.1) is 12.7 Å². The lowest BCUT2D eigenvalue weighted by atomic mass is 10.2. The topological polar surface area (TPSA) is 107 Å². The average Bonchev–Trinajstić information content (AvgIpc) is 3.56. The lowest BCUT2D eigenvalue weighted by Crippen LogP contribution is -2.13. The first kappa shape index (κ1) is 23.6. The first-order valence-corrected chi connectivity index (χ1v) is 12.1. The third kappa shape index (κ3) is 4.33. The normalized spacial score (nSPS) is 11.2. The number of thiophene rings is 1. The summed E-state index contributed by atoms with van der Waals surface area (Å²) in [5.41, 5.74) is 1.74. The van der Waals surface area contributed by atoms with Crippen LogP contribution in [0.3, 0.4) is 0 Å². The van der Waals surface area contributed by atoms with Crippen LogP contribution in [0.4, 0.5) is 10.2 Å². The van der Waals surface area contributed by atoms with Gasteiger partial charge in [0, 0.05) is 30.6 Å². The number of rotatable bonds is 9. The van der Waals surface area contributed by atoms with Gasteiger partial charge in [0.15, 0.2) is 5.76 Å². The molecule has 36 heavy (non-hydrogen) atoms. The zero-order valence-electron chi connectivity index (χ0n) is 19.9. The van der Waals surface area contributed by atoms with Gasteiger partial charge in [-0.1, -0.05) is 6.07 Å². The summed E-state index contributed by atoms with van der Waals surface area (Å²) in [7, 11) is 1.59. The molecular weight excluding hydrogens is 485 g/mol. The Hall–Kier alpha value is -4.12. The molecular formula is C25H24FN5O4S. The van der Waals surface area contributed by atoms with Gasteiger partial charge in [-0.2, -0.15) is 5.16 Å². The van der Waals surface area contributed by atoms with E-state index in [9.17, 15) is 9.18 Å². The summed E-state index contributed by atoms with van der Waals surface area (Å²) in [6.07, 6.45) is 1.48. The number of benzene rings is 1. The van der Waals surface area contributed by atoms with Gasteiger partial charge in [0.1, 0.15) is 34.3 Å². The maximum atomic E-state index is 14.6. The van der Waals surface area contributed by atoms with E-state index in [4.69, 9.17) is 14.0 Å². The zero-order chi connectivity index (χ0) is 25.2. The number of anilines is 1. The van der Waals surface area contributed by atoms with Crippen LogP contribution >= 0.6 is 11.3 Å². The molecule has 0 aliphatic heterocycles. The number of ether oxygens (including phenoxy) is 2. The Kier molecular flexibility index (Phi) is 6.47. The van der Waals surface area contributed by atoms with Crippen LogP contribution in [0.5, 0.6) is 11.5 Å². The molecule has 5 rings (SSSR count). The molecule has 186 valence electrons. The van der Waals surface area contributed by atoms with Gasteiger partial charge in [-0.05, 0) is 26.0 Å². The molecule has 0 radical (unpaired) electrons. The van der Waals surface area contributed by atoms with Crippen LogP contribution in [-0.2, 0) is 6.54 Å². The Balaban J connectivity index is 1.37. The Morgan fingerprint density at radius 1 is 1.25 bits per heavy atom. The van der Waals surface area contributed by atoms with Crippen molar-refractivity contribution in [3.8, 4) is 32.7 Å². The minimum atomic E-state index is -0.320. The fraction of sp³-hybridized carbons (Fsp3) is 0.240. The summed E-state index contributed by atoms with van der Waals surface area (Å²) in [5.74, 6) is 2.02. The van der Waals surface area contributed by atoms with E-state index in [0.717, 1.165) is 16.0 Å². The first-order valence-electron chi connectivity index (χ1n) is 11.3. The second-order valence-electron chi connectivity index (χ2n) is 7.94. The minimum absolute atomic E-state index is 0.292. The smallest absolute Gasteiger partial charge is 0.280 e. The highest BCUT2D eigenvalue weighted by molar-refractivity contribution is 7.19. The molecule has 0 amide bonds. The predicted molar refractivity (Wildman–Crippen MR) is 137 cm³/mol. The Morgan fingerprint density at radius 2 is 2.11 bits per heavy atom. The molecule has 5 aromatic rings. The number of aromatic amines is 1. The molecule has 0 spiro atoms. The van der Waals surface area contributed by atoms with Crippen molar-refractivity contribution in [2.24, 2.45) is 0 Å². The highest BCUT2D eigenvalue weighted by atomic mass is 32.1. The van der Waals surface area contributed by atoms with Crippen molar-refractivity contribution in [1.82, 2.24) is 19.7 Å². The second-order valence-corrected chi connectivity index (χ2v) is 8.99. The van der Waals surface area contributed by atoms with Gasteiger partial charge in [0.05, 0.1) is 41.6 Å². The number of para-hydroxylation sites is 1. The number of aromatic nitrogens is 4. The summed E-state index contributed by atoms with van der Waals surface area (Å²) >= 11 is 1.40. The number of hydrogen-bond acceptors (Lipinski definition) is 8. The van der Waals surface area contributed by atoms with Crippen molar-refractivity contribution >= 4 is 28.1 Å². The molecule has 0 aliphatic carbocycles. The molecule has 11 heteroatoms. The fourth-order valence-electron chi connectivity index (χ4n) is 4.21. The molecule has 0 bridgehead atoms. The largest absolute Gasteiger partial charge is 0.494 e. The SMILES string of the molecule is CCOc1cc(-c2cc(NCCn3c(C)c(OC)c4cccc(F)c43)ncn2)sc1-c1cc(=O)[nH]o1. The van der Waals surface area contributed by atoms with Crippen LogP contribution in [0.25, 0.3) is 32.1 Å². The van der Waals surface area contributed by atoms with E-state index < -0.39 is 0 Å². The molecule has 4 heterocycles. The Bertz CT molecular complexity index is 1590. The van der Waals surface area contributed by atoms with E-state index in [0.29, 0.717) is 58.9 Å². The van der Waals surface area contributed by atoms with E-state index >= 15 is 0 Å². The predicted octanol–water partition coefficient (Wildman–Crippen LogP) is 5.08. The van der Waals surface area contributed by atoms with Crippen LogP contribution in [0.15, 0.2) is 52.0 Å². The molecule has 9 nitrogen and oxygen atoms in total. The van der Waals surface area contributed by atoms with E-state index in [1.165, 1.54) is 29.8 Å². The standard InChI is InChI=1S/C25H24FN5O4S/c1-4-34-18-11-20(36-25(18)19-12-22(32)30-35-19)17-10-21(29-13-28-17)27-8-9-31-14(2)24(33-3)15-6-5-7-16(26)23(15)31/h5-7,10-13H,4,8-9H2,1-3H3,(H,30,32)(H,27,28,29). The van der Waals surface area contributed by atoms with Gasteiger partial charge in [-0.3, -0.25) is 4.79 Å². The molecule has 0 atom stereocenters. The minimum Gasteiger partial charge on any atom is -0.494 e. The van der Waals surface area contributed by atoms with E-state index in [2.05, 4.69) is 20.4 Å². The van der Waals surface area contributed by atoms with Crippen molar-refractivity contribution in [1.29, 1.82) is 0 Å². The van der Waals surface area contributed by atoms with Crippen LogP contribution in [0.2, 0.25) is 0 Å². The highest BCUT2D eigenvalue weighted by Crippen LogP contribution is 2.42. The quantitative estimate of drug-likeness (QED) is 0.285. The second kappa shape index (κ2) is 9.86. The van der Waals surface area contributed by atoms with Gasteiger partial charge in [-0.15, -0.1) is 11.3 Å². The highest BCUT2D eigenvalue weighted by Gasteiger charge is 2.19. The number of methoxy groups -OCH3 is 1. The van der Waals surface area contributed by atoms with Gasteiger partial charge in [0.2, 0.25) is 0 Å². The Labute approximate surface area is 209 Å². The summed E-state index contributed by atoms with van der Waals surface area (Å²) in [6, 6.07) is 10.1. The summed E-state index contributed by atoms with van der Waals surface area (Å²) in [5, 5.41) is 6.35. The Morgan fingerprint density at radius 3 is 2.86 bits per heavy atom. The monoisotopic (exact) mass is 509 g/mol. The van der Waals surface area contributed by atoms with Crippen molar-refractivity contribution in [3.05, 3.63) is 64.6 Å². The van der Waals surface area contributed by atoms with Crippen molar-refractivity contribution in [2.45, 2.75) is 20.4 Å². The first-order chi connectivity index (χ1) is 17.5. The molecule has 0 saturated carbocycles. The van der Waals surface area contributed by atoms with Crippen LogP contribution < -0.4 is 20.3 Å². The van der Waals surface area contributed by atoms with Gasteiger partial charge >= 0.3 is 0 Å². The van der Waals surface area contributed by atoms with E-state index in [1.54, 1.807) is 13.2 Å².